The first-order valence-electron chi connectivity index (χ1n) is 9.44. The zero-order valence-corrected chi connectivity index (χ0v) is 16.0. The summed E-state index contributed by atoms with van der Waals surface area (Å²) in [4.78, 5) is 2.49. The van der Waals surface area contributed by atoms with Gasteiger partial charge in [0.25, 0.3) is 0 Å². The molecular formula is C20H26N6O. The first-order chi connectivity index (χ1) is 13.2. The summed E-state index contributed by atoms with van der Waals surface area (Å²) in [7, 11) is 3.80. The smallest absolute Gasteiger partial charge is 0.154 e. The fourth-order valence-corrected chi connectivity index (χ4v) is 3.89. The molecule has 1 aliphatic heterocycles. The van der Waals surface area contributed by atoms with Crippen molar-refractivity contribution in [2.24, 2.45) is 7.05 Å². The summed E-state index contributed by atoms with van der Waals surface area (Å²) in [5, 5.41) is 13.2. The molecule has 0 spiro atoms. The highest BCUT2D eigenvalue weighted by molar-refractivity contribution is 5.33. The number of rotatable bonds is 6. The Hall–Kier alpha value is -2.67. The number of ether oxygens (including phenoxy) is 1. The van der Waals surface area contributed by atoms with Crippen molar-refractivity contribution < 1.29 is 4.74 Å². The number of nitrogens with zero attached hydrogens (tertiary/aromatic N) is 6. The Morgan fingerprint density at radius 1 is 1.15 bits per heavy atom. The van der Waals surface area contributed by atoms with Gasteiger partial charge >= 0.3 is 0 Å². The summed E-state index contributed by atoms with van der Waals surface area (Å²) in [5.41, 5.74) is 1.23. The van der Waals surface area contributed by atoms with Crippen molar-refractivity contribution >= 4 is 0 Å². The van der Waals surface area contributed by atoms with Crippen molar-refractivity contribution in [2.45, 2.75) is 31.8 Å². The van der Waals surface area contributed by atoms with E-state index >= 15 is 0 Å². The number of aromatic nitrogens is 5. The van der Waals surface area contributed by atoms with Gasteiger partial charge in [-0.3, -0.25) is 9.58 Å². The lowest BCUT2D eigenvalue weighted by molar-refractivity contribution is 0.193. The summed E-state index contributed by atoms with van der Waals surface area (Å²) < 4.78 is 9.52. The van der Waals surface area contributed by atoms with E-state index in [1.807, 2.05) is 29.1 Å². The molecule has 3 heterocycles. The number of hydrogen-bond acceptors (Lipinski definition) is 5. The van der Waals surface area contributed by atoms with Gasteiger partial charge in [0.1, 0.15) is 18.1 Å². The van der Waals surface area contributed by atoms with E-state index in [-0.39, 0.29) is 0 Å². The molecule has 0 aliphatic carbocycles. The lowest BCUT2D eigenvalue weighted by Gasteiger charge is -2.32. The molecule has 7 nitrogen and oxygen atoms in total. The monoisotopic (exact) mass is 366 g/mol. The van der Waals surface area contributed by atoms with E-state index in [0.29, 0.717) is 12.5 Å². The van der Waals surface area contributed by atoms with Crippen LogP contribution in [-0.2, 0) is 20.1 Å². The third kappa shape index (κ3) is 3.88. The average molecular weight is 366 g/mol. The molecule has 1 fully saturated rings. The third-order valence-electron chi connectivity index (χ3n) is 5.32. The van der Waals surface area contributed by atoms with Crippen LogP contribution in [0.1, 0.15) is 36.0 Å². The van der Waals surface area contributed by atoms with Crippen LogP contribution in [0.25, 0.3) is 0 Å². The van der Waals surface area contributed by atoms with Gasteiger partial charge in [-0.2, -0.15) is 5.10 Å². The van der Waals surface area contributed by atoms with Crippen LogP contribution in [0.5, 0.6) is 5.75 Å². The molecule has 1 atom stereocenters. The fourth-order valence-electron chi connectivity index (χ4n) is 3.89. The van der Waals surface area contributed by atoms with Gasteiger partial charge in [-0.25, -0.2) is 0 Å². The van der Waals surface area contributed by atoms with Crippen LogP contribution in [0.4, 0.5) is 0 Å². The summed E-state index contributed by atoms with van der Waals surface area (Å²) in [5.74, 6) is 3.37. The van der Waals surface area contributed by atoms with E-state index in [2.05, 4.69) is 43.9 Å². The molecule has 1 aliphatic rings. The first-order valence-corrected chi connectivity index (χ1v) is 9.44. The van der Waals surface area contributed by atoms with Crippen molar-refractivity contribution in [3.05, 3.63) is 59.9 Å². The van der Waals surface area contributed by atoms with Crippen molar-refractivity contribution in [1.29, 1.82) is 0 Å². The van der Waals surface area contributed by atoms with Crippen molar-refractivity contribution in [1.82, 2.24) is 29.4 Å². The van der Waals surface area contributed by atoms with Crippen LogP contribution in [0.3, 0.4) is 0 Å². The predicted octanol–water partition coefficient (Wildman–Crippen LogP) is 2.45. The van der Waals surface area contributed by atoms with Crippen molar-refractivity contribution in [3.8, 4) is 5.75 Å². The molecule has 0 unspecified atom stereocenters. The Morgan fingerprint density at radius 2 is 2.04 bits per heavy atom. The predicted molar refractivity (Wildman–Crippen MR) is 103 cm³/mol. The number of likely N-dealkylation sites (tertiary alicyclic amines) is 1. The van der Waals surface area contributed by atoms with Crippen LogP contribution in [-0.4, -0.2) is 49.6 Å². The topological polar surface area (TPSA) is 61.0 Å². The molecule has 0 saturated carbocycles. The minimum absolute atomic E-state index is 0.400. The third-order valence-corrected chi connectivity index (χ3v) is 5.32. The number of piperidine rings is 1. The minimum atomic E-state index is 0.400. The van der Waals surface area contributed by atoms with Gasteiger partial charge in [0.2, 0.25) is 0 Å². The van der Waals surface area contributed by atoms with Gasteiger partial charge < -0.3 is 9.30 Å². The molecule has 7 heteroatoms. The van der Waals surface area contributed by atoms with E-state index in [1.54, 1.807) is 13.3 Å². The maximum Gasteiger partial charge on any atom is 0.154 e. The summed E-state index contributed by atoms with van der Waals surface area (Å²) in [6.45, 7) is 3.64. The van der Waals surface area contributed by atoms with Crippen molar-refractivity contribution in [3.63, 3.8) is 0 Å². The maximum atomic E-state index is 5.51. The van der Waals surface area contributed by atoms with Crippen LogP contribution in [0.2, 0.25) is 0 Å². The number of methoxy groups -OCH3 is 1. The van der Waals surface area contributed by atoms with Gasteiger partial charge in [0.05, 0.1) is 7.11 Å². The Balaban J connectivity index is 1.46. The van der Waals surface area contributed by atoms with E-state index in [4.69, 9.17) is 4.74 Å². The molecule has 3 aromatic rings. The Labute approximate surface area is 159 Å². The SMILES string of the molecule is COc1ccccc1CN1CCC[C@H](c2nnc(Cn3cccn3)n2C)C1. The van der Waals surface area contributed by atoms with Crippen LogP contribution < -0.4 is 4.74 Å². The zero-order chi connectivity index (χ0) is 18.6. The van der Waals surface area contributed by atoms with Crippen LogP contribution in [0, 0.1) is 0 Å². The second kappa shape index (κ2) is 7.92. The molecule has 0 bridgehead atoms. The lowest BCUT2D eigenvalue weighted by atomic mass is 9.96. The second-order valence-electron chi connectivity index (χ2n) is 7.12. The van der Waals surface area contributed by atoms with Crippen LogP contribution in [0.15, 0.2) is 42.7 Å². The average Bonchev–Trinajstić information content (AvgIpc) is 3.33. The molecule has 1 aromatic carbocycles. The first kappa shape index (κ1) is 17.7. The van der Waals surface area contributed by atoms with E-state index in [9.17, 15) is 0 Å². The lowest BCUT2D eigenvalue weighted by Crippen LogP contribution is -2.35. The Kier molecular flexibility index (Phi) is 5.20. The van der Waals surface area contributed by atoms with Gasteiger partial charge in [-0.05, 0) is 31.5 Å². The zero-order valence-electron chi connectivity index (χ0n) is 16.0. The van der Waals surface area contributed by atoms with E-state index in [1.165, 1.54) is 12.0 Å². The molecule has 0 radical (unpaired) electrons. The molecular weight excluding hydrogens is 340 g/mol. The molecule has 0 amide bonds. The van der Waals surface area contributed by atoms with Crippen molar-refractivity contribution in [2.75, 3.05) is 20.2 Å². The van der Waals surface area contributed by atoms with E-state index < -0.39 is 0 Å². The highest BCUT2D eigenvalue weighted by atomic mass is 16.5. The summed E-state index contributed by atoms with van der Waals surface area (Å²) >= 11 is 0. The maximum absolute atomic E-state index is 5.51. The van der Waals surface area contributed by atoms with Gasteiger partial charge in [-0.1, -0.05) is 18.2 Å². The van der Waals surface area contributed by atoms with Gasteiger partial charge in [-0.15, -0.1) is 10.2 Å². The summed E-state index contributed by atoms with van der Waals surface area (Å²) in [6, 6.07) is 10.2. The molecule has 142 valence electrons. The highest BCUT2D eigenvalue weighted by Crippen LogP contribution is 2.28. The minimum Gasteiger partial charge on any atom is -0.496 e. The largest absolute Gasteiger partial charge is 0.496 e. The van der Waals surface area contributed by atoms with Crippen LogP contribution >= 0.6 is 0 Å². The standard InChI is InChI=1S/C20H26N6O/c1-24-19(15-26-12-6-10-21-26)22-23-20(24)17-8-5-11-25(14-17)13-16-7-3-4-9-18(16)27-2/h3-4,6-7,9-10,12,17H,5,8,11,13-15H2,1-2H3/t17-/m0/s1. The molecule has 4 rings (SSSR count). The van der Waals surface area contributed by atoms with Gasteiger partial charge in [0, 0.05) is 44.0 Å². The number of para-hydroxylation sites is 1. The molecule has 2 aromatic heterocycles. The summed E-state index contributed by atoms with van der Waals surface area (Å²) in [6.07, 6.45) is 6.05. The number of hydrogen-bond donors (Lipinski definition) is 0. The quantitative estimate of drug-likeness (QED) is 0.671. The molecule has 0 N–H and O–H groups in total. The normalized spacial score (nSPS) is 17.9. The second-order valence-corrected chi connectivity index (χ2v) is 7.12. The highest BCUT2D eigenvalue weighted by Gasteiger charge is 2.26. The van der Waals surface area contributed by atoms with E-state index in [0.717, 1.165) is 43.5 Å². The fraction of sp³-hybridized carbons (Fsp3) is 0.450. The Morgan fingerprint density at radius 3 is 2.85 bits per heavy atom. The molecule has 1 saturated heterocycles. The number of benzene rings is 1. The van der Waals surface area contributed by atoms with Gasteiger partial charge in [0.15, 0.2) is 5.82 Å². The Bertz CT molecular complexity index is 872. The molecule has 27 heavy (non-hydrogen) atoms.